The first-order chi connectivity index (χ1) is 15.3. The van der Waals surface area contributed by atoms with Crippen LogP contribution in [0.1, 0.15) is 51.6 Å². The molecule has 0 unspecified atom stereocenters. The van der Waals surface area contributed by atoms with E-state index in [0.29, 0.717) is 33.8 Å². The van der Waals surface area contributed by atoms with Crippen molar-refractivity contribution in [3.63, 3.8) is 0 Å². The number of fused-ring (bicyclic) bond motifs is 2. The fraction of sp³-hybridized carbons (Fsp3) is 0.440. The van der Waals surface area contributed by atoms with E-state index in [1.165, 1.54) is 32.1 Å². The van der Waals surface area contributed by atoms with Crippen molar-refractivity contribution in [3.8, 4) is 28.8 Å². The largest absolute Gasteiger partial charge is 0.507 e. The Bertz CT molecular complexity index is 1180. The number of anilines is 1. The second-order valence-electron chi connectivity index (χ2n) is 10.2. The minimum Gasteiger partial charge on any atom is -0.507 e. The molecule has 32 heavy (non-hydrogen) atoms. The van der Waals surface area contributed by atoms with Crippen molar-refractivity contribution in [2.24, 2.45) is 10.8 Å². The SMILES string of the molecule is CN(c1ccc(-c2ccc(-n3cnc(C#N)c3)cc2O)nn1)[C@H]1C[C@]2(C)CC[C@](C)(C1)C2. The zero-order valence-corrected chi connectivity index (χ0v) is 18.8. The van der Waals surface area contributed by atoms with E-state index in [2.05, 4.69) is 41.0 Å². The highest BCUT2D eigenvalue weighted by molar-refractivity contribution is 5.69. The number of aromatic nitrogens is 4. The number of nitrogens with zero attached hydrogens (tertiary/aromatic N) is 6. The Hall–Kier alpha value is -3.40. The molecule has 5 rings (SSSR count). The van der Waals surface area contributed by atoms with Gasteiger partial charge in [0, 0.05) is 30.9 Å². The predicted molar refractivity (Wildman–Crippen MR) is 122 cm³/mol. The molecule has 2 aliphatic rings. The van der Waals surface area contributed by atoms with Gasteiger partial charge in [0.1, 0.15) is 18.1 Å². The normalized spacial score (nSPS) is 26.6. The van der Waals surface area contributed by atoms with E-state index < -0.39 is 0 Å². The van der Waals surface area contributed by atoms with Crippen LogP contribution in [0.15, 0.2) is 42.9 Å². The second kappa shape index (κ2) is 7.33. The van der Waals surface area contributed by atoms with Gasteiger partial charge < -0.3 is 14.6 Å². The van der Waals surface area contributed by atoms with Crippen LogP contribution in [0.3, 0.4) is 0 Å². The third-order valence-electron chi connectivity index (χ3n) is 7.45. The summed E-state index contributed by atoms with van der Waals surface area (Å²) in [6, 6.07) is 11.7. The van der Waals surface area contributed by atoms with Gasteiger partial charge in [0.2, 0.25) is 0 Å². The number of rotatable bonds is 4. The van der Waals surface area contributed by atoms with Crippen LogP contribution in [0, 0.1) is 22.2 Å². The topological polar surface area (TPSA) is 90.9 Å². The molecule has 2 aliphatic carbocycles. The monoisotopic (exact) mass is 428 g/mol. The first-order valence-electron chi connectivity index (χ1n) is 11.1. The molecule has 3 atom stereocenters. The number of aromatic hydroxyl groups is 1. The molecule has 2 saturated carbocycles. The standard InChI is InChI=1S/C25H28N6O/c1-24-8-9-25(2,15-24)12-19(11-24)30(3)23-7-6-21(28-29-23)20-5-4-18(10-22(20)32)31-14-17(13-26)27-16-31/h4-7,10,14,16,19,32H,8-9,11-12,15H2,1-3H3/t19-,24-,25+. The van der Waals surface area contributed by atoms with E-state index in [-0.39, 0.29) is 5.75 Å². The fourth-order valence-corrected chi connectivity index (χ4v) is 5.91. The average molecular weight is 429 g/mol. The van der Waals surface area contributed by atoms with Crippen LogP contribution in [0.25, 0.3) is 16.9 Å². The Morgan fingerprint density at radius 3 is 2.47 bits per heavy atom. The van der Waals surface area contributed by atoms with Crippen molar-refractivity contribution < 1.29 is 5.11 Å². The van der Waals surface area contributed by atoms with Crippen LogP contribution in [0.4, 0.5) is 5.82 Å². The van der Waals surface area contributed by atoms with E-state index in [1.54, 1.807) is 23.2 Å². The molecule has 1 aromatic carbocycles. The van der Waals surface area contributed by atoms with Crippen molar-refractivity contribution >= 4 is 5.82 Å². The molecule has 2 heterocycles. The molecule has 0 spiro atoms. The van der Waals surface area contributed by atoms with Gasteiger partial charge in [-0.2, -0.15) is 5.26 Å². The van der Waals surface area contributed by atoms with Gasteiger partial charge in [-0.15, -0.1) is 10.2 Å². The lowest BCUT2D eigenvalue weighted by Gasteiger charge is -2.44. The smallest absolute Gasteiger partial charge is 0.158 e. The van der Waals surface area contributed by atoms with Crippen molar-refractivity contribution in [2.45, 2.75) is 52.0 Å². The molecule has 7 nitrogen and oxygen atoms in total. The van der Waals surface area contributed by atoms with Gasteiger partial charge in [-0.25, -0.2) is 4.98 Å². The maximum Gasteiger partial charge on any atom is 0.158 e. The minimum atomic E-state index is 0.106. The maximum atomic E-state index is 10.6. The first-order valence-corrected chi connectivity index (χ1v) is 11.1. The zero-order valence-electron chi connectivity index (χ0n) is 18.8. The molecule has 2 fully saturated rings. The molecule has 1 N–H and O–H groups in total. The van der Waals surface area contributed by atoms with Gasteiger partial charge in [-0.1, -0.05) is 13.8 Å². The predicted octanol–water partition coefficient (Wildman–Crippen LogP) is 4.70. The highest BCUT2D eigenvalue weighted by Gasteiger charge is 2.49. The Kier molecular flexibility index (Phi) is 4.70. The van der Waals surface area contributed by atoms with E-state index in [9.17, 15) is 5.11 Å². The van der Waals surface area contributed by atoms with Gasteiger partial charge in [0.25, 0.3) is 0 Å². The van der Waals surface area contributed by atoms with Crippen molar-refractivity contribution in [1.29, 1.82) is 5.26 Å². The summed E-state index contributed by atoms with van der Waals surface area (Å²) in [7, 11) is 2.12. The highest BCUT2D eigenvalue weighted by atomic mass is 16.3. The van der Waals surface area contributed by atoms with E-state index in [4.69, 9.17) is 5.26 Å². The highest BCUT2D eigenvalue weighted by Crippen LogP contribution is 2.58. The van der Waals surface area contributed by atoms with E-state index in [1.807, 2.05) is 30.3 Å². The lowest BCUT2D eigenvalue weighted by molar-refractivity contribution is 0.148. The van der Waals surface area contributed by atoms with Gasteiger partial charge in [-0.05, 0) is 67.2 Å². The molecule has 0 aliphatic heterocycles. The van der Waals surface area contributed by atoms with Crippen molar-refractivity contribution in [2.75, 3.05) is 11.9 Å². The van der Waals surface area contributed by atoms with Gasteiger partial charge in [0.05, 0.1) is 11.4 Å². The summed E-state index contributed by atoms with van der Waals surface area (Å²) >= 11 is 0. The molecular weight excluding hydrogens is 400 g/mol. The van der Waals surface area contributed by atoms with Gasteiger partial charge in [-0.3, -0.25) is 0 Å². The van der Waals surface area contributed by atoms with E-state index >= 15 is 0 Å². The summed E-state index contributed by atoms with van der Waals surface area (Å²) in [6.45, 7) is 4.87. The molecule has 0 radical (unpaired) electrons. The Labute approximate surface area is 188 Å². The number of phenols is 1. The van der Waals surface area contributed by atoms with Crippen molar-refractivity contribution in [1.82, 2.24) is 19.7 Å². The Morgan fingerprint density at radius 1 is 1.12 bits per heavy atom. The van der Waals surface area contributed by atoms with Gasteiger partial charge in [0.15, 0.2) is 11.5 Å². The Morgan fingerprint density at radius 2 is 1.88 bits per heavy atom. The summed E-state index contributed by atoms with van der Waals surface area (Å²) in [6.07, 6.45) is 9.56. The Balaban J connectivity index is 1.35. The molecule has 3 aromatic rings. The van der Waals surface area contributed by atoms with Crippen LogP contribution >= 0.6 is 0 Å². The van der Waals surface area contributed by atoms with Crippen LogP contribution in [0.2, 0.25) is 0 Å². The zero-order chi connectivity index (χ0) is 22.5. The lowest BCUT2D eigenvalue weighted by Crippen LogP contribution is -2.42. The number of nitriles is 1. The number of hydrogen-bond donors (Lipinski definition) is 1. The first kappa shape index (κ1) is 20.5. The number of phenolic OH excluding ortho intramolecular Hbond substituents is 1. The molecule has 2 bridgehead atoms. The molecule has 2 aromatic heterocycles. The molecular formula is C25H28N6O. The summed E-state index contributed by atoms with van der Waals surface area (Å²) in [5.41, 5.74) is 3.17. The fourth-order valence-electron chi connectivity index (χ4n) is 5.91. The van der Waals surface area contributed by atoms with Crippen molar-refractivity contribution in [3.05, 3.63) is 48.5 Å². The summed E-state index contributed by atoms with van der Waals surface area (Å²) in [5, 5.41) is 28.5. The van der Waals surface area contributed by atoms with Crippen LogP contribution in [-0.4, -0.2) is 37.9 Å². The number of benzene rings is 1. The second-order valence-corrected chi connectivity index (χ2v) is 10.2. The number of hydrogen-bond acceptors (Lipinski definition) is 6. The summed E-state index contributed by atoms with van der Waals surface area (Å²) in [5.74, 6) is 0.973. The third-order valence-corrected chi connectivity index (χ3v) is 7.45. The molecule has 0 saturated heterocycles. The van der Waals surface area contributed by atoms with E-state index in [0.717, 1.165) is 11.5 Å². The number of imidazole rings is 1. The molecule has 7 heteroatoms. The lowest BCUT2D eigenvalue weighted by atomic mass is 9.68. The maximum absolute atomic E-state index is 10.6. The summed E-state index contributed by atoms with van der Waals surface area (Å²) in [4.78, 5) is 6.29. The minimum absolute atomic E-state index is 0.106. The molecule has 164 valence electrons. The van der Waals surface area contributed by atoms with Gasteiger partial charge >= 0.3 is 0 Å². The average Bonchev–Trinajstić information content (AvgIpc) is 3.34. The summed E-state index contributed by atoms with van der Waals surface area (Å²) < 4.78 is 1.70. The van der Waals surface area contributed by atoms with Crippen LogP contribution in [-0.2, 0) is 0 Å². The van der Waals surface area contributed by atoms with Crippen LogP contribution < -0.4 is 4.90 Å². The molecule has 0 amide bonds. The van der Waals surface area contributed by atoms with Crippen LogP contribution in [0.5, 0.6) is 5.75 Å². The third kappa shape index (κ3) is 3.60. The quantitative estimate of drug-likeness (QED) is 0.648.